The van der Waals surface area contributed by atoms with Gasteiger partial charge in [-0.1, -0.05) is 6.92 Å². The third-order valence-corrected chi connectivity index (χ3v) is 9.50. The molecule has 3 fully saturated rings. The lowest BCUT2D eigenvalue weighted by molar-refractivity contribution is -0.237. The van der Waals surface area contributed by atoms with Gasteiger partial charge in [0, 0.05) is 30.8 Å². The molecule has 0 aromatic carbocycles. The third-order valence-electron chi connectivity index (χ3n) is 9.50. The molecule has 4 aliphatic rings. The Morgan fingerprint density at radius 1 is 1.14 bits per heavy atom. The number of Topliss-reactive ketones (excluding diaryl/α,β-unsaturated/α-hetero) is 3. The van der Waals surface area contributed by atoms with E-state index in [0.29, 0.717) is 32.3 Å². The summed E-state index contributed by atoms with van der Waals surface area (Å²) in [5.41, 5.74) is -3.17. The van der Waals surface area contributed by atoms with Gasteiger partial charge in [0.15, 0.2) is 23.5 Å². The van der Waals surface area contributed by atoms with E-state index in [0.717, 1.165) is 6.92 Å². The maximum atomic E-state index is 13.8. The highest BCUT2D eigenvalue weighted by atomic mass is 16.6. The van der Waals surface area contributed by atoms with Crippen LogP contribution in [0.4, 0.5) is 0 Å². The zero-order valence-electron chi connectivity index (χ0n) is 20.9. The molecule has 10 nitrogen and oxygen atoms in total. The Morgan fingerprint density at radius 3 is 2.42 bits per heavy atom. The van der Waals surface area contributed by atoms with Crippen molar-refractivity contribution in [1.82, 2.24) is 0 Å². The molecule has 0 bridgehead atoms. The van der Waals surface area contributed by atoms with Gasteiger partial charge in [-0.25, -0.2) is 0 Å². The van der Waals surface area contributed by atoms with Crippen LogP contribution in [0.25, 0.3) is 0 Å². The predicted octanol–water partition coefficient (Wildman–Crippen LogP) is 0.0326. The number of hydrogen-bond donors (Lipinski definition) is 6. The number of ketones is 3. The third kappa shape index (κ3) is 3.97. The number of carbonyl (C=O) groups is 3. The second-order valence-corrected chi connectivity index (χ2v) is 11.1. The van der Waals surface area contributed by atoms with E-state index in [1.165, 1.54) is 0 Å². The highest BCUT2D eigenvalue weighted by Crippen LogP contribution is 2.58. The Balaban J connectivity index is 1.67. The van der Waals surface area contributed by atoms with Crippen molar-refractivity contribution >= 4 is 17.3 Å². The summed E-state index contributed by atoms with van der Waals surface area (Å²) < 4.78 is 5.16. The smallest absolute Gasteiger partial charge is 0.170 e. The first-order valence-corrected chi connectivity index (χ1v) is 13.0. The van der Waals surface area contributed by atoms with Crippen LogP contribution in [0.15, 0.2) is 11.3 Å². The van der Waals surface area contributed by atoms with Crippen LogP contribution in [0.5, 0.6) is 0 Å². The van der Waals surface area contributed by atoms with Gasteiger partial charge in [0.1, 0.15) is 23.2 Å². The van der Waals surface area contributed by atoms with Gasteiger partial charge in [0.05, 0.1) is 18.1 Å². The topological polar surface area (TPSA) is 182 Å². The van der Waals surface area contributed by atoms with E-state index in [1.54, 1.807) is 6.92 Å². The number of ether oxygens (including phenoxy) is 1. The van der Waals surface area contributed by atoms with Gasteiger partial charge in [0.2, 0.25) is 0 Å². The lowest BCUT2D eigenvalue weighted by Gasteiger charge is -2.60. The van der Waals surface area contributed by atoms with Gasteiger partial charge in [-0.2, -0.15) is 0 Å². The minimum atomic E-state index is -2.54. The summed E-state index contributed by atoms with van der Waals surface area (Å²) in [5.74, 6) is -8.11. The standard InChI is InChI=1S/C26H38O10/c1-4-36-16(29)8-6-12-5-7-13-10(2)17-20(23(32)19(13)21(12)30)25(34)26(35)14(22(17)31)9-15(28)18(11(3)27)24(26)33/h10,12-14,16-17,19-22,25,29-31,33-35H,4-9H2,1-3H3. The zero-order chi connectivity index (χ0) is 26.7. The van der Waals surface area contributed by atoms with Crippen molar-refractivity contribution in [2.45, 2.75) is 83.1 Å². The van der Waals surface area contributed by atoms with Crippen molar-refractivity contribution in [3.8, 4) is 0 Å². The molecule has 4 aliphatic carbocycles. The number of fused-ring (bicyclic) bond motifs is 3. The molecular formula is C26H38O10. The summed E-state index contributed by atoms with van der Waals surface area (Å²) in [4.78, 5) is 38.5. The molecule has 10 heteroatoms. The lowest BCUT2D eigenvalue weighted by atomic mass is 9.46. The second kappa shape index (κ2) is 9.89. The quantitative estimate of drug-likeness (QED) is 0.211. The van der Waals surface area contributed by atoms with Crippen LogP contribution >= 0.6 is 0 Å². The molecule has 0 amide bonds. The number of aliphatic hydroxyl groups excluding tert-OH is 5. The minimum absolute atomic E-state index is 0.272. The van der Waals surface area contributed by atoms with Crippen molar-refractivity contribution in [3.05, 3.63) is 11.3 Å². The van der Waals surface area contributed by atoms with E-state index in [-0.39, 0.29) is 17.8 Å². The van der Waals surface area contributed by atoms with Crippen LogP contribution < -0.4 is 0 Å². The Kier molecular flexibility index (Phi) is 7.51. The maximum absolute atomic E-state index is 13.8. The summed E-state index contributed by atoms with van der Waals surface area (Å²) in [7, 11) is 0. The van der Waals surface area contributed by atoms with E-state index < -0.39 is 89.0 Å². The molecule has 0 radical (unpaired) electrons. The molecule has 0 spiro atoms. The van der Waals surface area contributed by atoms with Crippen molar-refractivity contribution in [1.29, 1.82) is 0 Å². The minimum Gasteiger partial charge on any atom is -0.508 e. The molecular weight excluding hydrogens is 472 g/mol. The van der Waals surface area contributed by atoms with Gasteiger partial charge in [-0.05, 0) is 57.3 Å². The van der Waals surface area contributed by atoms with Crippen molar-refractivity contribution in [3.63, 3.8) is 0 Å². The number of rotatable bonds is 6. The highest BCUT2D eigenvalue weighted by molar-refractivity contribution is 6.20. The first-order valence-electron chi connectivity index (χ1n) is 13.0. The molecule has 0 aromatic rings. The normalized spacial score (nSPS) is 45.6. The molecule has 0 aromatic heterocycles. The van der Waals surface area contributed by atoms with E-state index >= 15 is 0 Å². The zero-order valence-corrected chi connectivity index (χ0v) is 20.9. The average molecular weight is 511 g/mol. The molecule has 36 heavy (non-hydrogen) atoms. The molecule has 0 aliphatic heterocycles. The monoisotopic (exact) mass is 510 g/mol. The van der Waals surface area contributed by atoms with Gasteiger partial charge < -0.3 is 35.4 Å². The number of aliphatic hydroxyl groups is 6. The largest absolute Gasteiger partial charge is 0.508 e. The summed E-state index contributed by atoms with van der Waals surface area (Å²) in [6.45, 7) is 5.01. The fourth-order valence-corrected chi connectivity index (χ4v) is 7.74. The summed E-state index contributed by atoms with van der Waals surface area (Å²) in [6.07, 6.45) is -3.77. The van der Waals surface area contributed by atoms with Crippen LogP contribution in [0.1, 0.15) is 52.9 Å². The Labute approximate surface area is 210 Å². The SMILES string of the molecule is CCOC(O)CCC1CCC2C(C)C3C(O)C4CC(=O)C(C(C)=O)=C(O)C4(O)C(O)C3C(=O)C2C1O. The van der Waals surface area contributed by atoms with E-state index in [4.69, 9.17) is 4.74 Å². The average Bonchev–Trinajstić information content (AvgIpc) is 2.81. The molecule has 202 valence electrons. The van der Waals surface area contributed by atoms with Crippen molar-refractivity contribution < 1.29 is 49.8 Å². The Bertz CT molecular complexity index is 945. The van der Waals surface area contributed by atoms with Crippen LogP contribution in [0.2, 0.25) is 0 Å². The molecule has 6 N–H and O–H groups in total. The molecule has 12 atom stereocenters. The lowest BCUT2D eigenvalue weighted by Crippen LogP contribution is -2.72. The number of hydrogen-bond acceptors (Lipinski definition) is 10. The van der Waals surface area contributed by atoms with Crippen LogP contribution in [-0.2, 0) is 19.1 Å². The first kappa shape index (κ1) is 27.3. The molecule has 12 unspecified atom stereocenters. The molecule has 0 saturated heterocycles. The maximum Gasteiger partial charge on any atom is 0.170 e. The van der Waals surface area contributed by atoms with Gasteiger partial charge in [-0.15, -0.1) is 0 Å². The van der Waals surface area contributed by atoms with E-state index in [9.17, 15) is 45.0 Å². The number of allylic oxidation sites excluding steroid dienone is 1. The molecule has 3 saturated carbocycles. The highest BCUT2D eigenvalue weighted by Gasteiger charge is 2.69. The Hall–Kier alpha value is -1.69. The van der Waals surface area contributed by atoms with Gasteiger partial charge in [0.25, 0.3) is 0 Å². The van der Waals surface area contributed by atoms with Crippen LogP contribution in [0, 0.1) is 41.4 Å². The first-order chi connectivity index (χ1) is 16.9. The fraction of sp³-hybridized carbons (Fsp3) is 0.808. The summed E-state index contributed by atoms with van der Waals surface area (Å²) >= 11 is 0. The van der Waals surface area contributed by atoms with Crippen molar-refractivity contribution in [2.75, 3.05) is 6.61 Å². The predicted molar refractivity (Wildman–Crippen MR) is 124 cm³/mol. The fourth-order valence-electron chi connectivity index (χ4n) is 7.74. The Morgan fingerprint density at radius 2 is 1.81 bits per heavy atom. The number of carbonyl (C=O) groups excluding carboxylic acids is 3. The summed E-state index contributed by atoms with van der Waals surface area (Å²) in [5, 5.41) is 66.2. The van der Waals surface area contributed by atoms with Crippen LogP contribution in [0.3, 0.4) is 0 Å². The van der Waals surface area contributed by atoms with E-state index in [2.05, 4.69) is 0 Å². The van der Waals surface area contributed by atoms with Gasteiger partial charge in [-0.3, -0.25) is 14.4 Å². The van der Waals surface area contributed by atoms with Crippen LogP contribution in [-0.4, -0.2) is 84.8 Å². The molecule has 0 heterocycles. The van der Waals surface area contributed by atoms with Crippen molar-refractivity contribution in [2.24, 2.45) is 41.4 Å². The molecule has 4 rings (SSSR count). The second-order valence-electron chi connectivity index (χ2n) is 11.1. The summed E-state index contributed by atoms with van der Waals surface area (Å²) in [6, 6.07) is 0. The van der Waals surface area contributed by atoms with Gasteiger partial charge >= 0.3 is 0 Å². The van der Waals surface area contributed by atoms with E-state index in [1.807, 2.05) is 6.92 Å².